The van der Waals surface area contributed by atoms with Crippen LogP contribution in [0, 0.1) is 11.7 Å². The lowest BCUT2D eigenvalue weighted by molar-refractivity contribution is -0.118. The van der Waals surface area contributed by atoms with E-state index in [4.69, 9.17) is 12.2 Å². The number of aromatic nitrogens is 3. The maximum atomic E-state index is 12.9. The van der Waals surface area contributed by atoms with E-state index in [0.29, 0.717) is 16.5 Å². The van der Waals surface area contributed by atoms with Gasteiger partial charge in [0.05, 0.1) is 0 Å². The first-order valence-corrected chi connectivity index (χ1v) is 9.36. The van der Waals surface area contributed by atoms with E-state index in [-0.39, 0.29) is 12.5 Å². The van der Waals surface area contributed by atoms with Gasteiger partial charge in [-0.3, -0.25) is 14.5 Å². The molecule has 0 radical (unpaired) electrons. The van der Waals surface area contributed by atoms with E-state index in [1.165, 1.54) is 5.56 Å². The summed E-state index contributed by atoms with van der Waals surface area (Å²) in [4.78, 5) is 14.6. The van der Waals surface area contributed by atoms with E-state index in [9.17, 15) is 4.79 Å². The number of nitrogens with one attached hydrogen (secondary N) is 1. The summed E-state index contributed by atoms with van der Waals surface area (Å²) in [5.41, 5.74) is 4.13. The lowest BCUT2D eigenvalue weighted by Gasteiger charge is -2.19. The molecular formula is C21H24N4OS. The maximum Gasteiger partial charge on any atom is 0.246 e. The quantitative estimate of drug-likeness (QED) is 0.653. The van der Waals surface area contributed by atoms with Gasteiger partial charge in [-0.2, -0.15) is 5.10 Å². The van der Waals surface area contributed by atoms with Crippen LogP contribution in [0.15, 0.2) is 48.5 Å². The lowest BCUT2D eigenvalue weighted by Crippen LogP contribution is -2.30. The molecule has 0 aliphatic carbocycles. The highest BCUT2D eigenvalue weighted by atomic mass is 32.1. The SMILES string of the molecule is Cc1cccc(-c2n[nH]c(=S)n2CC(=O)N(C)c2cccc(C(C)C)c2)c1. The largest absolute Gasteiger partial charge is 0.314 e. The average molecular weight is 381 g/mol. The van der Waals surface area contributed by atoms with E-state index in [2.05, 4.69) is 36.2 Å². The Hall–Kier alpha value is -2.73. The fourth-order valence-corrected chi connectivity index (χ4v) is 3.14. The Morgan fingerprint density at radius 3 is 2.67 bits per heavy atom. The first-order valence-electron chi connectivity index (χ1n) is 8.95. The highest BCUT2D eigenvalue weighted by Crippen LogP contribution is 2.22. The Kier molecular flexibility index (Phi) is 5.56. The van der Waals surface area contributed by atoms with Gasteiger partial charge < -0.3 is 4.90 Å². The molecule has 0 aliphatic rings. The van der Waals surface area contributed by atoms with E-state index >= 15 is 0 Å². The van der Waals surface area contributed by atoms with Crippen molar-refractivity contribution >= 4 is 23.8 Å². The smallest absolute Gasteiger partial charge is 0.246 e. The number of amides is 1. The van der Waals surface area contributed by atoms with Crippen molar-refractivity contribution in [1.29, 1.82) is 0 Å². The van der Waals surface area contributed by atoms with Crippen LogP contribution >= 0.6 is 12.2 Å². The molecule has 2 aromatic carbocycles. The fraction of sp³-hybridized carbons (Fsp3) is 0.286. The molecule has 0 fully saturated rings. The molecule has 0 aliphatic heterocycles. The molecule has 0 saturated carbocycles. The van der Waals surface area contributed by atoms with Crippen LogP contribution in [-0.2, 0) is 11.3 Å². The molecule has 0 spiro atoms. The van der Waals surface area contributed by atoms with Crippen molar-refractivity contribution in [3.05, 3.63) is 64.4 Å². The fourth-order valence-electron chi connectivity index (χ4n) is 2.95. The number of carbonyl (C=O) groups excluding carboxylic acids is 1. The Balaban J connectivity index is 1.87. The van der Waals surface area contributed by atoms with Gasteiger partial charge in [-0.05, 0) is 48.8 Å². The van der Waals surface area contributed by atoms with Crippen molar-refractivity contribution in [2.75, 3.05) is 11.9 Å². The van der Waals surface area contributed by atoms with Crippen LogP contribution in [0.1, 0.15) is 30.9 Å². The highest BCUT2D eigenvalue weighted by molar-refractivity contribution is 7.71. The van der Waals surface area contributed by atoms with Crippen LogP contribution < -0.4 is 4.90 Å². The topological polar surface area (TPSA) is 53.9 Å². The average Bonchev–Trinajstić information content (AvgIpc) is 3.01. The van der Waals surface area contributed by atoms with Crippen LogP contribution in [-0.4, -0.2) is 27.7 Å². The summed E-state index contributed by atoms with van der Waals surface area (Å²) in [6.07, 6.45) is 0. The van der Waals surface area contributed by atoms with Gasteiger partial charge in [-0.25, -0.2) is 0 Å². The minimum Gasteiger partial charge on any atom is -0.314 e. The molecule has 1 amide bonds. The third-order valence-electron chi connectivity index (χ3n) is 4.63. The number of hydrogen-bond donors (Lipinski definition) is 1. The molecule has 0 bridgehead atoms. The maximum absolute atomic E-state index is 12.9. The minimum absolute atomic E-state index is 0.0534. The summed E-state index contributed by atoms with van der Waals surface area (Å²) >= 11 is 5.36. The normalized spacial score (nSPS) is 11.0. The second-order valence-electron chi connectivity index (χ2n) is 7.01. The number of hydrogen-bond acceptors (Lipinski definition) is 3. The van der Waals surface area contributed by atoms with Crippen molar-refractivity contribution < 1.29 is 4.79 Å². The molecule has 6 heteroatoms. The Bertz CT molecular complexity index is 1020. The standard InChI is InChI=1S/C21H24N4OS/c1-14(2)16-8-6-10-18(12-16)24(4)19(26)13-25-20(22-23-21(25)27)17-9-5-7-15(3)11-17/h5-12,14H,13H2,1-4H3,(H,23,27). The number of aryl methyl sites for hydroxylation is 1. The van der Waals surface area contributed by atoms with Crippen LogP contribution in [0.3, 0.4) is 0 Å². The highest BCUT2D eigenvalue weighted by Gasteiger charge is 2.17. The van der Waals surface area contributed by atoms with Gasteiger partial charge in [0, 0.05) is 18.3 Å². The van der Waals surface area contributed by atoms with E-state index in [0.717, 1.165) is 16.8 Å². The number of carbonyl (C=O) groups is 1. The van der Waals surface area contributed by atoms with Crippen LogP contribution in [0.2, 0.25) is 0 Å². The molecule has 0 unspecified atom stereocenters. The number of H-pyrrole nitrogens is 1. The van der Waals surface area contributed by atoms with Gasteiger partial charge in [0.25, 0.3) is 0 Å². The van der Waals surface area contributed by atoms with Crippen molar-refractivity contribution in [3.63, 3.8) is 0 Å². The Labute approximate surface area is 164 Å². The zero-order chi connectivity index (χ0) is 19.6. The molecule has 27 heavy (non-hydrogen) atoms. The predicted octanol–water partition coefficient (Wildman–Crippen LogP) is 4.70. The van der Waals surface area contributed by atoms with Crippen molar-refractivity contribution in [3.8, 4) is 11.4 Å². The van der Waals surface area contributed by atoms with Gasteiger partial charge in [0.2, 0.25) is 5.91 Å². The van der Waals surface area contributed by atoms with Gasteiger partial charge in [-0.15, -0.1) is 0 Å². The first-order chi connectivity index (χ1) is 12.9. The molecular weight excluding hydrogens is 356 g/mol. The van der Waals surface area contributed by atoms with Gasteiger partial charge in [0.15, 0.2) is 10.6 Å². The molecule has 140 valence electrons. The lowest BCUT2D eigenvalue weighted by atomic mass is 10.0. The number of rotatable bonds is 5. The summed E-state index contributed by atoms with van der Waals surface area (Å²) < 4.78 is 2.18. The van der Waals surface area contributed by atoms with E-state index < -0.39 is 0 Å². The van der Waals surface area contributed by atoms with Crippen LogP contribution in [0.5, 0.6) is 0 Å². The number of benzene rings is 2. The summed E-state index contributed by atoms with van der Waals surface area (Å²) in [5.74, 6) is 1.02. The van der Waals surface area contributed by atoms with Gasteiger partial charge >= 0.3 is 0 Å². The summed E-state index contributed by atoms with van der Waals surface area (Å²) in [7, 11) is 1.79. The van der Waals surface area contributed by atoms with Crippen LogP contribution in [0.4, 0.5) is 5.69 Å². The van der Waals surface area contributed by atoms with Crippen molar-refractivity contribution in [2.24, 2.45) is 0 Å². The molecule has 5 nitrogen and oxygen atoms in total. The zero-order valence-corrected chi connectivity index (χ0v) is 16.9. The predicted molar refractivity (Wildman–Crippen MR) is 112 cm³/mol. The van der Waals surface area contributed by atoms with E-state index in [1.54, 1.807) is 16.5 Å². The summed E-state index contributed by atoms with van der Waals surface area (Å²) in [6, 6.07) is 16.0. The Morgan fingerprint density at radius 1 is 1.22 bits per heavy atom. The minimum atomic E-state index is -0.0534. The molecule has 0 atom stereocenters. The van der Waals surface area contributed by atoms with Crippen molar-refractivity contribution in [1.82, 2.24) is 14.8 Å². The summed E-state index contributed by atoms with van der Waals surface area (Å²) in [5, 5.41) is 7.13. The third kappa shape index (κ3) is 4.17. The zero-order valence-electron chi connectivity index (χ0n) is 16.1. The molecule has 3 rings (SSSR count). The molecule has 1 heterocycles. The van der Waals surface area contributed by atoms with Gasteiger partial charge in [0.1, 0.15) is 6.54 Å². The second-order valence-corrected chi connectivity index (χ2v) is 7.40. The number of anilines is 1. The van der Waals surface area contributed by atoms with E-state index in [1.807, 2.05) is 43.3 Å². The molecule has 1 N–H and O–H groups in total. The van der Waals surface area contributed by atoms with Crippen LogP contribution in [0.25, 0.3) is 11.4 Å². The second kappa shape index (κ2) is 7.88. The molecule has 1 aromatic heterocycles. The third-order valence-corrected chi connectivity index (χ3v) is 4.94. The molecule has 3 aromatic rings. The first kappa shape index (κ1) is 19.0. The number of likely N-dealkylation sites (N-methyl/N-ethyl adjacent to an activating group) is 1. The molecule has 0 saturated heterocycles. The number of nitrogens with zero attached hydrogens (tertiary/aromatic N) is 3. The Morgan fingerprint density at radius 2 is 1.96 bits per heavy atom. The number of aromatic amines is 1. The monoisotopic (exact) mass is 380 g/mol. The van der Waals surface area contributed by atoms with Gasteiger partial charge in [-0.1, -0.05) is 49.7 Å². The van der Waals surface area contributed by atoms with Crippen molar-refractivity contribution in [2.45, 2.75) is 33.2 Å². The summed E-state index contributed by atoms with van der Waals surface area (Å²) in [6.45, 7) is 6.43.